The fourth-order valence-corrected chi connectivity index (χ4v) is 5.48. The Bertz CT molecular complexity index is 1260. The third-order valence-corrected chi connectivity index (χ3v) is 7.44. The van der Waals surface area contributed by atoms with Gasteiger partial charge in [-0.3, -0.25) is 9.59 Å². The van der Waals surface area contributed by atoms with Gasteiger partial charge < -0.3 is 9.80 Å². The zero-order valence-corrected chi connectivity index (χ0v) is 19.9. The molecule has 0 bridgehead atoms. The molecule has 1 aromatic carbocycles. The van der Waals surface area contributed by atoms with Crippen LogP contribution in [0.5, 0.6) is 0 Å². The van der Waals surface area contributed by atoms with Gasteiger partial charge in [0, 0.05) is 44.0 Å². The number of rotatable bonds is 6. The zero-order chi connectivity index (χ0) is 23.5. The molecule has 0 radical (unpaired) electrons. The van der Waals surface area contributed by atoms with Crippen LogP contribution in [0.1, 0.15) is 39.1 Å². The largest absolute Gasteiger partial charge is 0.338 e. The molecule has 1 fully saturated rings. The fraction of sp³-hybridized carbons (Fsp3) is 0.308. The van der Waals surface area contributed by atoms with Gasteiger partial charge in [0.2, 0.25) is 0 Å². The summed E-state index contributed by atoms with van der Waals surface area (Å²) in [5.41, 5.74) is 3.06. The zero-order valence-electron chi connectivity index (χ0n) is 19.1. The third kappa shape index (κ3) is 4.46. The van der Waals surface area contributed by atoms with Gasteiger partial charge in [0.05, 0.1) is 11.8 Å². The first-order valence-electron chi connectivity index (χ1n) is 11.5. The molecule has 0 saturated carbocycles. The second-order valence-corrected chi connectivity index (χ2v) is 9.54. The van der Waals surface area contributed by atoms with Crippen LogP contribution in [0.2, 0.25) is 0 Å². The van der Waals surface area contributed by atoms with Crippen LogP contribution in [0.3, 0.4) is 0 Å². The molecule has 4 aromatic rings. The van der Waals surface area contributed by atoms with Crippen LogP contribution in [0.15, 0.2) is 71.8 Å². The summed E-state index contributed by atoms with van der Waals surface area (Å²) in [5.74, 6) is 0.325. The number of thiophene rings is 1. The quantitative estimate of drug-likeness (QED) is 0.424. The van der Waals surface area contributed by atoms with Crippen LogP contribution in [0.25, 0.3) is 5.65 Å². The van der Waals surface area contributed by atoms with Crippen LogP contribution in [-0.2, 0) is 6.42 Å². The maximum Gasteiger partial charge on any atom is 0.259 e. The number of carbonyl (C=O) groups is 2. The smallest absolute Gasteiger partial charge is 0.259 e. The van der Waals surface area contributed by atoms with Crippen molar-refractivity contribution in [1.29, 1.82) is 0 Å². The molecule has 1 atom stereocenters. The number of likely N-dealkylation sites (tertiary alicyclic amines) is 1. The van der Waals surface area contributed by atoms with Crippen LogP contribution >= 0.6 is 11.3 Å². The molecule has 0 N–H and O–H groups in total. The lowest BCUT2D eigenvalue weighted by atomic mass is 9.84. The predicted octanol–water partition coefficient (Wildman–Crippen LogP) is 4.03. The van der Waals surface area contributed by atoms with Crippen LogP contribution in [0.4, 0.5) is 0 Å². The molecule has 1 saturated heterocycles. The second kappa shape index (κ2) is 9.77. The van der Waals surface area contributed by atoms with Crippen molar-refractivity contribution in [1.82, 2.24) is 24.4 Å². The molecule has 4 heterocycles. The van der Waals surface area contributed by atoms with E-state index < -0.39 is 0 Å². The Morgan fingerprint density at radius 3 is 2.68 bits per heavy atom. The Hall–Kier alpha value is -3.52. The topological polar surface area (TPSA) is 70.8 Å². The van der Waals surface area contributed by atoms with Crippen molar-refractivity contribution in [3.8, 4) is 0 Å². The first-order chi connectivity index (χ1) is 16.6. The summed E-state index contributed by atoms with van der Waals surface area (Å²) in [6, 6.07) is 14.1. The summed E-state index contributed by atoms with van der Waals surface area (Å²) < 4.78 is 1.63. The minimum Gasteiger partial charge on any atom is -0.338 e. The van der Waals surface area contributed by atoms with Gasteiger partial charge in [-0.2, -0.15) is 16.4 Å². The minimum absolute atomic E-state index is 0.0329. The number of piperidine rings is 1. The number of nitrogens with zero attached hydrogens (tertiary/aromatic N) is 5. The highest BCUT2D eigenvalue weighted by atomic mass is 32.1. The summed E-state index contributed by atoms with van der Waals surface area (Å²) in [6.45, 7) is 1.30. The van der Waals surface area contributed by atoms with Gasteiger partial charge in [-0.05, 0) is 48.3 Å². The van der Waals surface area contributed by atoms with Crippen molar-refractivity contribution in [2.75, 3.05) is 20.1 Å². The van der Waals surface area contributed by atoms with E-state index in [-0.39, 0.29) is 17.9 Å². The number of benzene rings is 1. The monoisotopic (exact) mass is 473 g/mol. The molecule has 0 unspecified atom stereocenters. The lowest BCUT2D eigenvalue weighted by Crippen LogP contribution is -2.48. The third-order valence-electron chi connectivity index (χ3n) is 6.75. The summed E-state index contributed by atoms with van der Waals surface area (Å²) in [5, 5.41) is 8.10. The normalized spacial score (nSPS) is 15.4. The van der Waals surface area contributed by atoms with E-state index >= 15 is 0 Å². The number of likely N-dealkylation sites (N-methyl/N-ethyl adjacent to an activating group) is 1. The average Bonchev–Trinajstić information content (AvgIpc) is 3.57. The SMILES string of the molecule is CN(C(=O)c1ccsc1)[C@H](Cc1ccccc1)C1CCN(C(=O)c2cnn3cccnc23)CC1. The predicted molar refractivity (Wildman–Crippen MR) is 132 cm³/mol. The van der Waals surface area contributed by atoms with Gasteiger partial charge in [-0.25, -0.2) is 9.50 Å². The summed E-state index contributed by atoms with van der Waals surface area (Å²) in [6.07, 6.45) is 7.55. The van der Waals surface area contributed by atoms with E-state index in [9.17, 15) is 9.59 Å². The van der Waals surface area contributed by atoms with Gasteiger partial charge in [0.1, 0.15) is 5.56 Å². The van der Waals surface area contributed by atoms with E-state index in [0.717, 1.165) is 24.8 Å². The van der Waals surface area contributed by atoms with E-state index in [1.54, 1.807) is 29.2 Å². The van der Waals surface area contributed by atoms with E-state index in [4.69, 9.17) is 0 Å². The Labute approximate surface area is 202 Å². The van der Waals surface area contributed by atoms with Crippen LogP contribution < -0.4 is 0 Å². The first kappa shape index (κ1) is 22.3. The van der Waals surface area contributed by atoms with E-state index in [0.29, 0.717) is 30.2 Å². The molecule has 174 valence electrons. The Kier molecular flexibility index (Phi) is 6.40. The number of amides is 2. The van der Waals surface area contributed by atoms with Crippen molar-refractivity contribution >= 4 is 28.8 Å². The lowest BCUT2D eigenvalue weighted by molar-refractivity contribution is 0.0523. The highest BCUT2D eigenvalue weighted by Crippen LogP contribution is 2.28. The lowest BCUT2D eigenvalue weighted by Gasteiger charge is -2.40. The van der Waals surface area contributed by atoms with E-state index in [2.05, 4.69) is 22.2 Å². The summed E-state index contributed by atoms with van der Waals surface area (Å²) in [4.78, 5) is 34.5. The van der Waals surface area contributed by atoms with Gasteiger partial charge in [0.25, 0.3) is 11.8 Å². The highest BCUT2D eigenvalue weighted by Gasteiger charge is 2.34. The molecule has 3 aromatic heterocycles. The fourth-order valence-electron chi connectivity index (χ4n) is 4.85. The standard InChI is InChI=1S/C26H27N5O2S/c1-29(25(32)21-10-15-34-18-21)23(16-19-6-3-2-4-7-19)20-8-13-30(14-9-20)26(33)22-17-28-31-12-5-11-27-24(22)31/h2-7,10-12,15,17-18,20,23H,8-9,13-14,16H2,1H3/t23-/m1/s1. The van der Waals surface area contributed by atoms with Gasteiger partial charge in [0.15, 0.2) is 5.65 Å². The molecule has 5 rings (SSSR count). The Morgan fingerprint density at radius 1 is 1.15 bits per heavy atom. The van der Waals surface area contributed by atoms with Crippen molar-refractivity contribution < 1.29 is 9.59 Å². The maximum absolute atomic E-state index is 13.2. The highest BCUT2D eigenvalue weighted by molar-refractivity contribution is 7.08. The second-order valence-electron chi connectivity index (χ2n) is 8.76. The molecule has 34 heavy (non-hydrogen) atoms. The number of carbonyl (C=O) groups excluding carboxylic acids is 2. The van der Waals surface area contributed by atoms with E-state index in [1.807, 2.05) is 51.9 Å². The molecule has 0 aliphatic carbocycles. The Balaban J connectivity index is 1.32. The number of hydrogen-bond acceptors (Lipinski definition) is 5. The molecule has 2 amide bonds. The van der Waals surface area contributed by atoms with Gasteiger partial charge >= 0.3 is 0 Å². The first-order valence-corrected chi connectivity index (χ1v) is 12.5. The number of hydrogen-bond donors (Lipinski definition) is 0. The van der Waals surface area contributed by atoms with Crippen molar-refractivity contribution in [3.63, 3.8) is 0 Å². The molecular weight excluding hydrogens is 446 g/mol. The Morgan fingerprint density at radius 2 is 1.94 bits per heavy atom. The minimum atomic E-state index is -0.0329. The van der Waals surface area contributed by atoms with Crippen molar-refractivity contribution in [2.24, 2.45) is 5.92 Å². The van der Waals surface area contributed by atoms with Crippen molar-refractivity contribution in [3.05, 3.63) is 88.5 Å². The number of aromatic nitrogens is 3. The molecular formula is C26H27N5O2S. The van der Waals surface area contributed by atoms with Crippen molar-refractivity contribution in [2.45, 2.75) is 25.3 Å². The average molecular weight is 474 g/mol. The van der Waals surface area contributed by atoms with Gasteiger partial charge in [-0.15, -0.1) is 0 Å². The van der Waals surface area contributed by atoms with Crippen LogP contribution in [-0.4, -0.2) is 62.4 Å². The molecule has 1 aliphatic heterocycles. The van der Waals surface area contributed by atoms with Gasteiger partial charge in [-0.1, -0.05) is 30.3 Å². The number of fused-ring (bicyclic) bond motifs is 1. The summed E-state index contributed by atoms with van der Waals surface area (Å²) >= 11 is 1.54. The molecule has 0 spiro atoms. The summed E-state index contributed by atoms with van der Waals surface area (Å²) in [7, 11) is 1.91. The van der Waals surface area contributed by atoms with Crippen LogP contribution in [0, 0.1) is 5.92 Å². The molecule has 7 nitrogen and oxygen atoms in total. The molecule has 1 aliphatic rings. The van der Waals surface area contributed by atoms with E-state index in [1.165, 1.54) is 16.9 Å². The maximum atomic E-state index is 13.2. The molecule has 8 heteroatoms.